The van der Waals surface area contributed by atoms with Gasteiger partial charge in [0, 0.05) is 9.75 Å². The van der Waals surface area contributed by atoms with Crippen molar-refractivity contribution >= 4 is 17.2 Å². The first-order valence-corrected chi connectivity index (χ1v) is 8.30. The zero-order valence-electron chi connectivity index (χ0n) is 12.9. The molecule has 1 aromatic carbocycles. The topological polar surface area (TPSA) is 52.9 Å². The van der Waals surface area contributed by atoms with Crippen molar-refractivity contribution in [3.8, 4) is 16.5 Å². The minimum atomic E-state index is -0.903. The first-order valence-electron chi connectivity index (χ1n) is 7.49. The van der Waals surface area contributed by atoms with E-state index in [2.05, 4.69) is 29.6 Å². The molecule has 4 heteroatoms. The van der Waals surface area contributed by atoms with Crippen LogP contribution in [0.25, 0.3) is 10.4 Å². The first kappa shape index (κ1) is 16.3. The number of carbonyl (C=O) groups is 1. The summed E-state index contributed by atoms with van der Waals surface area (Å²) in [6, 6.07) is 16.4. The van der Waals surface area contributed by atoms with Gasteiger partial charge < -0.3 is 5.32 Å². The highest BCUT2D eigenvalue weighted by atomic mass is 32.1. The summed E-state index contributed by atoms with van der Waals surface area (Å²) < 4.78 is 0. The predicted molar refractivity (Wildman–Crippen MR) is 90.2 cm³/mol. The Bertz CT molecular complexity index is 666. The average molecular weight is 312 g/mol. The number of hydrogen-bond donors (Lipinski definition) is 1. The molecule has 3 nitrogen and oxygen atoms in total. The molecule has 1 aromatic heterocycles. The number of nitrogens with one attached hydrogen (secondary N) is 1. The van der Waals surface area contributed by atoms with Crippen molar-refractivity contribution in [3.63, 3.8) is 0 Å². The Morgan fingerprint density at radius 3 is 2.45 bits per heavy atom. The van der Waals surface area contributed by atoms with Crippen LogP contribution in [0.2, 0.25) is 0 Å². The molecule has 0 fully saturated rings. The van der Waals surface area contributed by atoms with E-state index < -0.39 is 5.41 Å². The number of carbonyl (C=O) groups excluding carboxylic acids is 1. The molecule has 2 aromatic rings. The third kappa shape index (κ3) is 3.37. The molecular weight excluding hydrogens is 292 g/mol. The summed E-state index contributed by atoms with van der Waals surface area (Å²) in [5, 5.41) is 12.2. The van der Waals surface area contributed by atoms with Crippen LogP contribution in [-0.2, 0) is 11.3 Å². The summed E-state index contributed by atoms with van der Waals surface area (Å²) in [5.41, 5.74) is 0.276. The van der Waals surface area contributed by atoms with Gasteiger partial charge in [-0.15, -0.1) is 11.3 Å². The summed E-state index contributed by atoms with van der Waals surface area (Å²) in [6.45, 7) is 4.23. The molecule has 0 aliphatic rings. The van der Waals surface area contributed by atoms with Gasteiger partial charge in [-0.1, -0.05) is 44.2 Å². The maximum atomic E-state index is 12.3. The van der Waals surface area contributed by atoms with E-state index in [1.54, 1.807) is 11.3 Å². The Kier molecular flexibility index (Phi) is 5.35. The van der Waals surface area contributed by atoms with Gasteiger partial charge in [-0.2, -0.15) is 5.26 Å². The molecule has 0 radical (unpaired) electrons. The third-order valence-electron chi connectivity index (χ3n) is 4.00. The molecule has 0 aliphatic carbocycles. The van der Waals surface area contributed by atoms with Gasteiger partial charge in [0.1, 0.15) is 5.41 Å². The molecule has 0 atom stereocenters. The zero-order chi connectivity index (χ0) is 16.0. The maximum absolute atomic E-state index is 12.3. The van der Waals surface area contributed by atoms with Crippen LogP contribution < -0.4 is 5.32 Å². The van der Waals surface area contributed by atoms with Crippen molar-refractivity contribution in [1.29, 1.82) is 5.26 Å². The van der Waals surface area contributed by atoms with E-state index in [4.69, 9.17) is 0 Å². The average Bonchev–Trinajstić information content (AvgIpc) is 3.05. The molecule has 114 valence electrons. The van der Waals surface area contributed by atoms with Crippen LogP contribution in [-0.4, -0.2) is 5.91 Å². The maximum Gasteiger partial charge on any atom is 0.240 e. The van der Waals surface area contributed by atoms with Crippen molar-refractivity contribution in [1.82, 2.24) is 5.32 Å². The van der Waals surface area contributed by atoms with E-state index in [1.807, 2.05) is 38.1 Å². The van der Waals surface area contributed by atoms with E-state index in [0.717, 1.165) is 4.88 Å². The van der Waals surface area contributed by atoms with Crippen LogP contribution in [0, 0.1) is 16.7 Å². The van der Waals surface area contributed by atoms with Crippen LogP contribution in [0.3, 0.4) is 0 Å². The number of benzene rings is 1. The second-order valence-electron chi connectivity index (χ2n) is 5.22. The summed E-state index contributed by atoms with van der Waals surface area (Å²) in [5.74, 6) is -0.172. The third-order valence-corrected chi connectivity index (χ3v) is 5.13. The van der Waals surface area contributed by atoms with Crippen LogP contribution in [0.5, 0.6) is 0 Å². The van der Waals surface area contributed by atoms with E-state index in [9.17, 15) is 10.1 Å². The van der Waals surface area contributed by atoms with Gasteiger partial charge in [0.15, 0.2) is 0 Å². The molecule has 0 bridgehead atoms. The standard InChI is InChI=1S/C18H20N2OS/c1-3-18(4-2,13-19)17(21)20-12-15-10-11-16(22-15)14-8-6-5-7-9-14/h5-11H,3-4,12H2,1-2H3,(H,20,21). The molecule has 1 heterocycles. The molecule has 22 heavy (non-hydrogen) atoms. The second kappa shape index (κ2) is 7.24. The Hall–Kier alpha value is -2.12. The van der Waals surface area contributed by atoms with Gasteiger partial charge in [0.25, 0.3) is 0 Å². The molecule has 0 unspecified atom stereocenters. The summed E-state index contributed by atoms with van der Waals surface area (Å²) >= 11 is 1.66. The molecule has 1 amide bonds. The largest absolute Gasteiger partial charge is 0.350 e. The normalized spacial score (nSPS) is 11.0. The van der Waals surface area contributed by atoms with E-state index in [0.29, 0.717) is 19.4 Å². The molecule has 0 aliphatic heterocycles. The first-order chi connectivity index (χ1) is 10.6. The highest BCUT2D eigenvalue weighted by Crippen LogP contribution is 2.29. The smallest absolute Gasteiger partial charge is 0.240 e. The Balaban J connectivity index is 2.03. The minimum absolute atomic E-state index is 0.172. The van der Waals surface area contributed by atoms with Crippen molar-refractivity contribution in [3.05, 3.63) is 47.3 Å². The number of thiophene rings is 1. The minimum Gasteiger partial charge on any atom is -0.350 e. The second-order valence-corrected chi connectivity index (χ2v) is 6.38. The fourth-order valence-corrected chi connectivity index (χ4v) is 3.30. The van der Waals surface area contributed by atoms with E-state index >= 15 is 0 Å². The summed E-state index contributed by atoms with van der Waals surface area (Å²) in [7, 11) is 0. The van der Waals surface area contributed by atoms with Gasteiger partial charge in [0.05, 0.1) is 12.6 Å². The fourth-order valence-electron chi connectivity index (χ4n) is 2.35. The SMILES string of the molecule is CCC(C#N)(CC)C(=O)NCc1ccc(-c2ccccc2)s1. The van der Waals surface area contributed by atoms with Gasteiger partial charge in [-0.05, 0) is 30.5 Å². The fraction of sp³-hybridized carbons (Fsp3) is 0.333. The van der Waals surface area contributed by atoms with Gasteiger partial charge >= 0.3 is 0 Å². The number of hydrogen-bond acceptors (Lipinski definition) is 3. The van der Waals surface area contributed by atoms with Crippen molar-refractivity contribution in [2.24, 2.45) is 5.41 Å². The molecule has 0 saturated heterocycles. The quantitative estimate of drug-likeness (QED) is 0.861. The Morgan fingerprint density at radius 2 is 1.86 bits per heavy atom. The highest BCUT2D eigenvalue weighted by molar-refractivity contribution is 7.15. The van der Waals surface area contributed by atoms with Crippen LogP contribution in [0.1, 0.15) is 31.6 Å². The van der Waals surface area contributed by atoms with E-state index in [-0.39, 0.29) is 5.91 Å². The molecule has 0 spiro atoms. The molecule has 1 N–H and O–H groups in total. The van der Waals surface area contributed by atoms with Crippen molar-refractivity contribution in [2.45, 2.75) is 33.2 Å². The predicted octanol–water partition coefficient (Wildman–Crippen LogP) is 4.36. The lowest BCUT2D eigenvalue weighted by atomic mass is 9.83. The van der Waals surface area contributed by atoms with E-state index in [1.165, 1.54) is 10.4 Å². The van der Waals surface area contributed by atoms with Crippen LogP contribution in [0.4, 0.5) is 0 Å². The lowest BCUT2D eigenvalue weighted by molar-refractivity contribution is -0.128. The Labute approximate surface area is 135 Å². The summed E-state index contributed by atoms with van der Waals surface area (Å²) in [4.78, 5) is 14.6. The lowest BCUT2D eigenvalue weighted by Crippen LogP contribution is -2.38. The number of rotatable bonds is 6. The molecule has 2 rings (SSSR count). The highest BCUT2D eigenvalue weighted by Gasteiger charge is 2.34. The Morgan fingerprint density at radius 1 is 1.18 bits per heavy atom. The number of nitrogens with zero attached hydrogens (tertiary/aromatic N) is 1. The van der Waals surface area contributed by atoms with Gasteiger partial charge in [0.2, 0.25) is 5.91 Å². The van der Waals surface area contributed by atoms with Crippen LogP contribution >= 0.6 is 11.3 Å². The van der Waals surface area contributed by atoms with Gasteiger partial charge in [-0.25, -0.2) is 0 Å². The van der Waals surface area contributed by atoms with Gasteiger partial charge in [-0.3, -0.25) is 4.79 Å². The zero-order valence-corrected chi connectivity index (χ0v) is 13.7. The molecule has 0 saturated carbocycles. The number of amides is 1. The molecular formula is C18H20N2OS. The summed E-state index contributed by atoms with van der Waals surface area (Å²) in [6.07, 6.45) is 1.07. The monoisotopic (exact) mass is 312 g/mol. The van der Waals surface area contributed by atoms with Crippen molar-refractivity contribution < 1.29 is 4.79 Å². The number of nitriles is 1. The van der Waals surface area contributed by atoms with Crippen LogP contribution in [0.15, 0.2) is 42.5 Å². The lowest BCUT2D eigenvalue weighted by Gasteiger charge is -2.21. The van der Waals surface area contributed by atoms with Crippen molar-refractivity contribution in [2.75, 3.05) is 0 Å².